The van der Waals surface area contributed by atoms with E-state index in [1.54, 1.807) is 24.3 Å². The third-order valence-electron chi connectivity index (χ3n) is 4.29. The molecule has 1 N–H and O–H groups in total. The molecular weight excluding hydrogens is 379 g/mol. The molecule has 0 aliphatic carbocycles. The summed E-state index contributed by atoms with van der Waals surface area (Å²) < 4.78 is 19.5. The van der Waals surface area contributed by atoms with Gasteiger partial charge in [-0.1, -0.05) is 31.2 Å². The third kappa shape index (κ3) is 4.09. The predicted molar refractivity (Wildman–Crippen MR) is 109 cm³/mol. The summed E-state index contributed by atoms with van der Waals surface area (Å²) in [6.45, 7) is 3.94. The van der Waals surface area contributed by atoms with Gasteiger partial charge in [-0.25, -0.2) is 4.39 Å². The molecule has 1 heterocycles. The molecule has 2 aromatic carbocycles. The van der Waals surface area contributed by atoms with Crippen molar-refractivity contribution < 1.29 is 18.7 Å². The van der Waals surface area contributed by atoms with Gasteiger partial charge in [0.05, 0.1) is 11.8 Å². The van der Waals surface area contributed by atoms with E-state index in [0.717, 1.165) is 11.3 Å². The van der Waals surface area contributed by atoms with Gasteiger partial charge in [0.15, 0.2) is 5.11 Å². The largest absolute Gasteiger partial charge is 0.490 e. The molecule has 1 aliphatic rings. The lowest BCUT2D eigenvalue weighted by Gasteiger charge is -2.29. The Labute approximate surface area is 167 Å². The highest BCUT2D eigenvalue weighted by atomic mass is 32.1. The minimum Gasteiger partial charge on any atom is -0.490 e. The molecule has 1 saturated heterocycles. The van der Waals surface area contributed by atoms with Crippen molar-refractivity contribution in [3.63, 3.8) is 0 Å². The standard InChI is InChI=1S/C21H19FN2O3S/c1-3-13(2)27-18-10-5-4-7-14(18)11-17-19(25)23-21(28)24(20(17)26)16-9-6-8-15(22)12-16/h4-13H,3H2,1-2H3,(H,23,25,28)/b17-11+/t13-/m1/s1. The highest BCUT2D eigenvalue weighted by Gasteiger charge is 2.34. The first-order valence-electron chi connectivity index (χ1n) is 8.83. The highest BCUT2D eigenvalue weighted by molar-refractivity contribution is 7.80. The number of benzene rings is 2. The molecule has 2 aromatic rings. The molecule has 0 bridgehead atoms. The van der Waals surface area contributed by atoms with E-state index in [-0.39, 0.29) is 22.5 Å². The Kier molecular flexibility index (Phi) is 5.84. The van der Waals surface area contributed by atoms with Gasteiger partial charge in [0.25, 0.3) is 11.8 Å². The third-order valence-corrected chi connectivity index (χ3v) is 4.57. The Balaban J connectivity index is 2.01. The Morgan fingerprint density at radius 2 is 1.96 bits per heavy atom. The molecule has 1 aliphatic heterocycles. The summed E-state index contributed by atoms with van der Waals surface area (Å²) in [7, 11) is 0. The number of amides is 2. The number of nitrogens with zero attached hydrogens (tertiary/aromatic N) is 1. The minimum absolute atomic E-state index is 0.0215. The van der Waals surface area contributed by atoms with Crippen LogP contribution in [-0.4, -0.2) is 23.0 Å². The first kappa shape index (κ1) is 19.7. The average molecular weight is 398 g/mol. The van der Waals surface area contributed by atoms with Crippen molar-refractivity contribution in [1.82, 2.24) is 5.32 Å². The summed E-state index contributed by atoms with van der Waals surface area (Å²) in [6.07, 6.45) is 2.25. The Morgan fingerprint density at radius 1 is 1.21 bits per heavy atom. The van der Waals surface area contributed by atoms with Gasteiger partial charge >= 0.3 is 0 Å². The summed E-state index contributed by atoms with van der Waals surface area (Å²) in [6, 6.07) is 12.6. The fourth-order valence-corrected chi connectivity index (χ4v) is 2.95. The smallest absolute Gasteiger partial charge is 0.270 e. The normalized spacial score (nSPS) is 16.9. The highest BCUT2D eigenvalue weighted by Crippen LogP contribution is 2.26. The van der Waals surface area contributed by atoms with Crippen LogP contribution < -0.4 is 15.0 Å². The number of thiocarbonyl (C=S) groups is 1. The van der Waals surface area contributed by atoms with Gasteiger partial charge in [-0.2, -0.15) is 0 Å². The second-order valence-corrected chi connectivity index (χ2v) is 6.70. The molecule has 144 valence electrons. The van der Waals surface area contributed by atoms with E-state index in [2.05, 4.69) is 5.32 Å². The predicted octanol–water partition coefficient (Wildman–Crippen LogP) is 3.83. The molecule has 2 amide bonds. The van der Waals surface area contributed by atoms with Crippen LogP contribution >= 0.6 is 12.2 Å². The lowest BCUT2D eigenvalue weighted by atomic mass is 10.1. The number of carbonyl (C=O) groups excluding carboxylic acids is 2. The van der Waals surface area contributed by atoms with Crippen molar-refractivity contribution >= 4 is 40.9 Å². The van der Waals surface area contributed by atoms with Crippen LogP contribution in [0.1, 0.15) is 25.8 Å². The van der Waals surface area contributed by atoms with Crippen molar-refractivity contribution in [2.75, 3.05) is 4.90 Å². The maximum atomic E-state index is 13.6. The van der Waals surface area contributed by atoms with Crippen molar-refractivity contribution in [1.29, 1.82) is 0 Å². The molecule has 0 radical (unpaired) electrons. The number of carbonyl (C=O) groups is 2. The van der Waals surface area contributed by atoms with Crippen molar-refractivity contribution in [2.24, 2.45) is 0 Å². The van der Waals surface area contributed by atoms with Crippen molar-refractivity contribution in [2.45, 2.75) is 26.4 Å². The lowest BCUT2D eigenvalue weighted by Crippen LogP contribution is -2.54. The number of hydrogen-bond donors (Lipinski definition) is 1. The zero-order valence-corrected chi connectivity index (χ0v) is 16.3. The zero-order chi connectivity index (χ0) is 20.3. The zero-order valence-electron chi connectivity index (χ0n) is 15.4. The van der Waals surface area contributed by atoms with E-state index in [1.807, 2.05) is 19.9 Å². The maximum Gasteiger partial charge on any atom is 0.270 e. The summed E-state index contributed by atoms with van der Waals surface area (Å²) in [5, 5.41) is 2.39. The van der Waals surface area contributed by atoms with Crippen LogP contribution in [0.5, 0.6) is 5.75 Å². The molecule has 7 heteroatoms. The molecule has 0 saturated carbocycles. The average Bonchev–Trinajstić information content (AvgIpc) is 2.66. The van der Waals surface area contributed by atoms with E-state index < -0.39 is 17.6 Å². The number of nitrogens with one attached hydrogen (secondary N) is 1. The SMILES string of the molecule is CC[C@@H](C)Oc1ccccc1/C=C1\C(=O)NC(=S)N(c2cccc(F)c2)C1=O. The monoisotopic (exact) mass is 398 g/mol. The van der Waals surface area contributed by atoms with Gasteiger partial charge in [0.1, 0.15) is 17.1 Å². The number of ether oxygens (including phenoxy) is 1. The van der Waals surface area contributed by atoms with E-state index in [0.29, 0.717) is 11.3 Å². The number of para-hydroxylation sites is 1. The van der Waals surface area contributed by atoms with E-state index in [9.17, 15) is 14.0 Å². The van der Waals surface area contributed by atoms with Gasteiger partial charge in [-0.15, -0.1) is 0 Å². The van der Waals surface area contributed by atoms with Gasteiger partial charge < -0.3 is 4.74 Å². The first-order valence-corrected chi connectivity index (χ1v) is 9.24. The fourth-order valence-electron chi connectivity index (χ4n) is 2.67. The van der Waals surface area contributed by atoms with Gasteiger partial charge in [-0.05, 0) is 55.9 Å². The topological polar surface area (TPSA) is 58.6 Å². The summed E-state index contributed by atoms with van der Waals surface area (Å²) in [5.41, 5.74) is 0.719. The van der Waals surface area contributed by atoms with Gasteiger partial charge in [-0.3, -0.25) is 19.8 Å². The van der Waals surface area contributed by atoms with Crippen LogP contribution in [0.25, 0.3) is 6.08 Å². The Hall–Kier alpha value is -3.06. The van der Waals surface area contributed by atoms with E-state index in [1.165, 1.54) is 24.3 Å². The van der Waals surface area contributed by atoms with Gasteiger partial charge in [0.2, 0.25) is 0 Å². The molecule has 5 nitrogen and oxygen atoms in total. The Bertz CT molecular complexity index is 974. The van der Waals surface area contributed by atoms with Crippen LogP contribution in [0.3, 0.4) is 0 Å². The minimum atomic E-state index is -0.627. The maximum absolute atomic E-state index is 13.6. The summed E-state index contributed by atoms with van der Waals surface area (Å²) >= 11 is 5.12. The second-order valence-electron chi connectivity index (χ2n) is 6.31. The van der Waals surface area contributed by atoms with Crippen LogP contribution in [0.2, 0.25) is 0 Å². The molecule has 3 rings (SSSR count). The van der Waals surface area contributed by atoms with E-state index >= 15 is 0 Å². The quantitative estimate of drug-likeness (QED) is 0.472. The number of rotatable bonds is 5. The molecule has 28 heavy (non-hydrogen) atoms. The van der Waals surface area contributed by atoms with Crippen LogP contribution in [0.4, 0.5) is 10.1 Å². The molecule has 1 fully saturated rings. The van der Waals surface area contributed by atoms with Gasteiger partial charge in [0, 0.05) is 5.56 Å². The lowest BCUT2D eigenvalue weighted by molar-refractivity contribution is -0.122. The summed E-state index contributed by atoms with van der Waals surface area (Å²) in [4.78, 5) is 26.5. The molecular formula is C21H19FN2O3S. The summed E-state index contributed by atoms with van der Waals surface area (Å²) in [5.74, 6) is -1.18. The molecule has 0 spiro atoms. The molecule has 0 unspecified atom stereocenters. The number of hydrogen-bond acceptors (Lipinski definition) is 4. The first-order chi connectivity index (χ1) is 13.4. The Morgan fingerprint density at radius 3 is 2.68 bits per heavy atom. The number of anilines is 1. The van der Waals surface area contributed by atoms with Crippen LogP contribution in [0, 0.1) is 5.82 Å². The second kappa shape index (κ2) is 8.31. The van der Waals surface area contributed by atoms with Crippen LogP contribution in [-0.2, 0) is 9.59 Å². The van der Waals surface area contributed by atoms with Crippen molar-refractivity contribution in [3.8, 4) is 5.75 Å². The molecule has 1 atom stereocenters. The number of halogens is 1. The molecule has 0 aromatic heterocycles. The van der Waals surface area contributed by atoms with E-state index in [4.69, 9.17) is 17.0 Å². The van der Waals surface area contributed by atoms with Crippen LogP contribution in [0.15, 0.2) is 54.1 Å². The fraction of sp³-hybridized carbons (Fsp3) is 0.190. The van der Waals surface area contributed by atoms with Crippen molar-refractivity contribution in [3.05, 3.63) is 65.5 Å².